The number of amides is 1. The highest BCUT2D eigenvalue weighted by atomic mass is 79.9. The van der Waals surface area contributed by atoms with Crippen LogP contribution in [0.1, 0.15) is 11.8 Å². The molecule has 0 aliphatic carbocycles. The molecule has 0 bridgehead atoms. The van der Waals surface area contributed by atoms with Crippen LogP contribution in [0.5, 0.6) is 5.75 Å². The van der Waals surface area contributed by atoms with Crippen molar-refractivity contribution in [3.63, 3.8) is 0 Å². The summed E-state index contributed by atoms with van der Waals surface area (Å²) < 4.78 is 5.81. The molecule has 0 spiro atoms. The Morgan fingerprint density at radius 1 is 1.57 bits per heavy atom. The summed E-state index contributed by atoms with van der Waals surface area (Å²) in [4.78, 5) is 12.3. The summed E-state index contributed by atoms with van der Waals surface area (Å²) in [7, 11) is 1.48. The fourth-order valence-corrected chi connectivity index (χ4v) is 1.67. The van der Waals surface area contributed by atoms with Crippen LogP contribution in [-0.2, 0) is 0 Å². The van der Waals surface area contributed by atoms with Gasteiger partial charge in [-0.1, -0.05) is 15.9 Å². The maximum atomic E-state index is 11.2. The minimum absolute atomic E-state index is 0.406. The first-order valence-electron chi connectivity index (χ1n) is 4.02. The number of hydrogen-bond donors (Lipinski definition) is 1. The third-order valence-corrected chi connectivity index (χ3v) is 2.60. The second kappa shape index (κ2) is 3.25. The Bertz CT molecular complexity index is 394. The number of carbonyl (C=O) groups is 1. The van der Waals surface area contributed by atoms with Crippen molar-refractivity contribution in [1.29, 1.82) is 0 Å². The largest absolute Gasteiger partial charge is 0.417 e. The summed E-state index contributed by atoms with van der Waals surface area (Å²) in [6.07, 6.45) is -1.49. The Hall–Kier alpha value is -1.07. The molecule has 4 nitrogen and oxygen atoms in total. The van der Waals surface area contributed by atoms with Crippen molar-refractivity contribution in [1.82, 2.24) is 4.90 Å². The van der Waals surface area contributed by atoms with Crippen molar-refractivity contribution in [2.45, 2.75) is 6.23 Å². The standard InChI is InChI=1S/C9H8BrNO3/c1-11-8(12)6-4-5(10)2-3-7(6)14-9(11)13/h2-4,8,12H,1H3. The molecule has 1 amide bonds. The fraction of sp³-hybridized carbons (Fsp3) is 0.222. The third kappa shape index (κ3) is 1.38. The van der Waals surface area contributed by atoms with E-state index < -0.39 is 12.3 Å². The van der Waals surface area contributed by atoms with E-state index >= 15 is 0 Å². The lowest BCUT2D eigenvalue weighted by atomic mass is 10.1. The number of fused-ring (bicyclic) bond motifs is 1. The molecule has 0 saturated heterocycles. The minimum Gasteiger partial charge on any atom is -0.410 e. The molecule has 1 unspecified atom stereocenters. The Labute approximate surface area is 89.2 Å². The first-order chi connectivity index (χ1) is 6.59. The first-order valence-corrected chi connectivity index (χ1v) is 4.81. The molecule has 1 N–H and O–H groups in total. The molecule has 1 aromatic rings. The van der Waals surface area contributed by atoms with Gasteiger partial charge in [0.15, 0.2) is 6.23 Å². The summed E-state index contributed by atoms with van der Waals surface area (Å²) in [5, 5.41) is 9.73. The van der Waals surface area contributed by atoms with Crippen molar-refractivity contribution in [3.05, 3.63) is 28.2 Å². The summed E-state index contributed by atoms with van der Waals surface area (Å²) in [6.45, 7) is 0. The maximum Gasteiger partial charge on any atom is 0.417 e. The second-order valence-electron chi connectivity index (χ2n) is 3.03. The Morgan fingerprint density at radius 2 is 2.29 bits per heavy atom. The van der Waals surface area contributed by atoms with Gasteiger partial charge >= 0.3 is 6.09 Å². The molecule has 14 heavy (non-hydrogen) atoms. The van der Waals surface area contributed by atoms with Gasteiger partial charge in [0.1, 0.15) is 5.75 Å². The number of aliphatic hydroxyl groups excluding tert-OH is 1. The summed E-state index contributed by atoms with van der Waals surface area (Å²) in [5.41, 5.74) is 0.585. The van der Waals surface area contributed by atoms with Crippen LogP contribution >= 0.6 is 15.9 Å². The van der Waals surface area contributed by atoms with E-state index in [-0.39, 0.29) is 0 Å². The minimum atomic E-state index is -0.941. The molecule has 0 saturated carbocycles. The van der Waals surface area contributed by atoms with E-state index in [9.17, 15) is 9.90 Å². The number of nitrogens with zero attached hydrogens (tertiary/aromatic N) is 1. The number of hydrogen-bond acceptors (Lipinski definition) is 3. The number of aliphatic hydroxyl groups is 1. The smallest absolute Gasteiger partial charge is 0.410 e. The van der Waals surface area contributed by atoms with E-state index in [0.717, 1.165) is 9.37 Å². The van der Waals surface area contributed by atoms with Crippen LogP contribution in [0.4, 0.5) is 4.79 Å². The van der Waals surface area contributed by atoms with E-state index in [1.165, 1.54) is 7.05 Å². The highest BCUT2D eigenvalue weighted by molar-refractivity contribution is 9.10. The zero-order chi connectivity index (χ0) is 10.3. The molecule has 1 atom stereocenters. The molecule has 0 fully saturated rings. The van der Waals surface area contributed by atoms with Crippen molar-refractivity contribution in [2.24, 2.45) is 0 Å². The molecule has 74 valence electrons. The predicted molar refractivity (Wildman–Crippen MR) is 52.9 cm³/mol. The third-order valence-electron chi connectivity index (χ3n) is 2.10. The van der Waals surface area contributed by atoms with Gasteiger partial charge < -0.3 is 9.84 Å². The lowest BCUT2D eigenvalue weighted by molar-refractivity contribution is 0.0147. The van der Waals surface area contributed by atoms with Crippen molar-refractivity contribution in [2.75, 3.05) is 7.05 Å². The number of rotatable bonds is 0. The van der Waals surface area contributed by atoms with Gasteiger partial charge in [-0.25, -0.2) is 4.79 Å². The molecule has 1 heterocycles. The molecule has 2 rings (SSSR count). The molecule has 0 aromatic heterocycles. The average molecular weight is 258 g/mol. The van der Waals surface area contributed by atoms with Crippen LogP contribution in [0.25, 0.3) is 0 Å². The van der Waals surface area contributed by atoms with Crippen LogP contribution in [-0.4, -0.2) is 23.1 Å². The van der Waals surface area contributed by atoms with Crippen LogP contribution in [0.3, 0.4) is 0 Å². The highest BCUT2D eigenvalue weighted by Crippen LogP contribution is 2.34. The molecule has 1 aliphatic heterocycles. The summed E-state index contributed by atoms with van der Waals surface area (Å²) in [6, 6.07) is 5.13. The molecular weight excluding hydrogens is 250 g/mol. The van der Waals surface area contributed by atoms with Gasteiger partial charge in [0.05, 0.1) is 0 Å². The number of benzene rings is 1. The monoisotopic (exact) mass is 257 g/mol. The van der Waals surface area contributed by atoms with Crippen molar-refractivity contribution >= 4 is 22.0 Å². The van der Waals surface area contributed by atoms with E-state index in [4.69, 9.17) is 4.74 Å². The topological polar surface area (TPSA) is 49.8 Å². The summed E-state index contributed by atoms with van der Waals surface area (Å²) >= 11 is 3.28. The van der Waals surface area contributed by atoms with Gasteiger partial charge in [0.2, 0.25) is 0 Å². The van der Waals surface area contributed by atoms with Gasteiger partial charge in [-0.05, 0) is 18.2 Å². The Kier molecular flexibility index (Phi) is 2.20. The molecule has 5 heteroatoms. The Balaban J connectivity index is 2.51. The lowest BCUT2D eigenvalue weighted by Gasteiger charge is -2.29. The quantitative estimate of drug-likeness (QED) is 0.773. The fourth-order valence-electron chi connectivity index (χ4n) is 1.29. The van der Waals surface area contributed by atoms with E-state index in [2.05, 4.69) is 15.9 Å². The van der Waals surface area contributed by atoms with Gasteiger partial charge in [-0.3, -0.25) is 4.90 Å². The summed E-state index contributed by atoms with van der Waals surface area (Å²) in [5.74, 6) is 0.406. The van der Waals surface area contributed by atoms with E-state index in [1.54, 1.807) is 18.2 Å². The predicted octanol–water partition coefficient (Wildman–Crippen LogP) is 1.88. The van der Waals surface area contributed by atoms with Crippen LogP contribution in [0, 0.1) is 0 Å². The van der Waals surface area contributed by atoms with Gasteiger partial charge in [0, 0.05) is 17.1 Å². The molecular formula is C9H8BrNO3. The number of halogens is 1. The second-order valence-corrected chi connectivity index (χ2v) is 3.95. The average Bonchev–Trinajstić information content (AvgIpc) is 2.16. The lowest BCUT2D eigenvalue weighted by Crippen LogP contribution is -2.37. The molecule has 0 radical (unpaired) electrons. The normalized spacial score (nSPS) is 20.4. The maximum absolute atomic E-state index is 11.2. The number of ether oxygens (including phenoxy) is 1. The van der Waals surface area contributed by atoms with Crippen molar-refractivity contribution in [3.8, 4) is 5.75 Å². The van der Waals surface area contributed by atoms with Crippen LogP contribution in [0.2, 0.25) is 0 Å². The van der Waals surface area contributed by atoms with Gasteiger partial charge in [-0.2, -0.15) is 0 Å². The highest BCUT2D eigenvalue weighted by Gasteiger charge is 2.29. The molecule has 1 aromatic carbocycles. The van der Waals surface area contributed by atoms with Crippen LogP contribution in [0.15, 0.2) is 22.7 Å². The number of carbonyl (C=O) groups excluding carboxylic acids is 1. The van der Waals surface area contributed by atoms with E-state index in [0.29, 0.717) is 11.3 Å². The van der Waals surface area contributed by atoms with E-state index in [1.807, 2.05) is 0 Å². The first kappa shape index (κ1) is 9.48. The van der Waals surface area contributed by atoms with Gasteiger partial charge in [0.25, 0.3) is 0 Å². The van der Waals surface area contributed by atoms with Crippen LogP contribution < -0.4 is 4.74 Å². The zero-order valence-electron chi connectivity index (χ0n) is 7.40. The Morgan fingerprint density at radius 3 is 3.00 bits per heavy atom. The SMILES string of the molecule is CN1C(=O)Oc2ccc(Br)cc2C1O. The van der Waals surface area contributed by atoms with Crippen molar-refractivity contribution < 1.29 is 14.6 Å². The van der Waals surface area contributed by atoms with Gasteiger partial charge in [-0.15, -0.1) is 0 Å². The molecule has 1 aliphatic rings. The zero-order valence-corrected chi connectivity index (χ0v) is 8.98.